The Morgan fingerprint density at radius 3 is 2.80 bits per heavy atom. The van der Waals surface area contributed by atoms with E-state index in [4.69, 9.17) is 9.15 Å². The maximum atomic E-state index is 12.3. The van der Waals surface area contributed by atoms with Crippen molar-refractivity contribution < 1.29 is 23.5 Å². The van der Waals surface area contributed by atoms with Gasteiger partial charge in [-0.2, -0.15) is 0 Å². The van der Waals surface area contributed by atoms with Gasteiger partial charge in [0.05, 0.1) is 19.3 Å². The molecule has 0 amide bonds. The van der Waals surface area contributed by atoms with Gasteiger partial charge in [-0.3, -0.25) is 0 Å². The molecule has 25 heavy (non-hydrogen) atoms. The van der Waals surface area contributed by atoms with Gasteiger partial charge in [0, 0.05) is 6.42 Å². The molecule has 0 N–H and O–H groups in total. The maximum absolute atomic E-state index is 12.3. The van der Waals surface area contributed by atoms with Gasteiger partial charge < -0.3 is 13.9 Å². The van der Waals surface area contributed by atoms with Gasteiger partial charge in [0.25, 0.3) is 0 Å². The molecule has 1 aliphatic rings. The van der Waals surface area contributed by atoms with E-state index in [0.717, 1.165) is 31.4 Å². The topological polar surface area (TPSA) is 96.5 Å². The lowest BCUT2D eigenvalue weighted by molar-refractivity contribution is -0.00135. The van der Waals surface area contributed by atoms with Crippen LogP contribution >= 0.6 is 0 Å². The van der Waals surface area contributed by atoms with E-state index in [1.807, 2.05) is 6.92 Å². The normalized spacial score (nSPS) is 20.2. The Morgan fingerprint density at radius 1 is 1.28 bits per heavy atom. The molecular formula is C17H21N3O5. The molecule has 0 spiro atoms. The van der Waals surface area contributed by atoms with Crippen molar-refractivity contribution in [1.29, 1.82) is 0 Å². The Morgan fingerprint density at radius 2 is 2.08 bits per heavy atom. The van der Waals surface area contributed by atoms with Gasteiger partial charge >= 0.3 is 11.9 Å². The van der Waals surface area contributed by atoms with E-state index < -0.39 is 11.9 Å². The number of aryl methyl sites for hydroxylation is 1. The van der Waals surface area contributed by atoms with Crippen molar-refractivity contribution in [3.63, 3.8) is 0 Å². The molecule has 1 aliphatic carbocycles. The molecule has 8 heteroatoms. The lowest BCUT2D eigenvalue weighted by Crippen LogP contribution is -2.32. The predicted octanol–water partition coefficient (Wildman–Crippen LogP) is 2.56. The van der Waals surface area contributed by atoms with Crippen molar-refractivity contribution in [3.05, 3.63) is 35.5 Å². The average Bonchev–Trinajstić information content (AvgIpc) is 3.31. The lowest BCUT2D eigenvalue weighted by atomic mass is 9.92. The molecule has 2 atom stereocenters. The first-order valence-corrected chi connectivity index (χ1v) is 8.42. The van der Waals surface area contributed by atoms with E-state index in [2.05, 4.69) is 15.0 Å². The van der Waals surface area contributed by atoms with Gasteiger partial charge in [-0.25, -0.2) is 14.3 Å². The second-order valence-corrected chi connectivity index (χ2v) is 5.99. The SMILES string of the molecule is CCc1ccc(C(=O)OC2CCCCC2n2cc(C(=O)OC)nn2)o1. The van der Waals surface area contributed by atoms with Crippen molar-refractivity contribution >= 4 is 11.9 Å². The number of esters is 2. The molecule has 1 saturated carbocycles. The van der Waals surface area contributed by atoms with Crippen molar-refractivity contribution in [3.8, 4) is 0 Å². The number of furan rings is 1. The van der Waals surface area contributed by atoms with E-state index >= 15 is 0 Å². The Bertz CT molecular complexity index is 751. The van der Waals surface area contributed by atoms with Crippen LogP contribution in [0.5, 0.6) is 0 Å². The molecule has 0 radical (unpaired) electrons. The molecule has 3 rings (SSSR count). The summed E-state index contributed by atoms with van der Waals surface area (Å²) in [7, 11) is 1.29. The summed E-state index contributed by atoms with van der Waals surface area (Å²) in [5, 5.41) is 7.84. The molecular weight excluding hydrogens is 326 g/mol. The second-order valence-electron chi connectivity index (χ2n) is 5.99. The third-order valence-corrected chi connectivity index (χ3v) is 4.38. The quantitative estimate of drug-likeness (QED) is 0.767. The summed E-state index contributed by atoms with van der Waals surface area (Å²) in [6.45, 7) is 1.95. The van der Waals surface area contributed by atoms with E-state index in [0.29, 0.717) is 6.42 Å². The molecule has 2 aromatic rings. The fraction of sp³-hybridized carbons (Fsp3) is 0.529. The summed E-state index contributed by atoms with van der Waals surface area (Å²) >= 11 is 0. The summed E-state index contributed by atoms with van der Waals surface area (Å²) in [4.78, 5) is 23.9. The summed E-state index contributed by atoms with van der Waals surface area (Å²) in [5.74, 6) is -0.0793. The average molecular weight is 347 g/mol. The van der Waals surface area contributed by atoms with Crippen molar-refractivity contribution in [2.75, 3.05) is 7.11 Å². The Labute approximate surface area is 145 Å². The highest BCUT2D eigenvalue weighted by molar-refractivity contribution is 5.87. The number of carbonyl (C=O) groups is 2. The minimum absolute atomic E-state index is 0.136. The number of hydrogen-bond acceptors (Lipinski definition) is 7. The minimum Gasteiger partial charge on any atom is -0.464 e. The predicted molar refractivity (Wildman–Crippen MR) is 86.2 cm³/mol. The third-order valence-electron chi connectivity index (χ3n) is 4.38. The molecule has 0 bridgehead atoms. The lowest BCUT2D eigenvalue weighted by Gasteiger charge is -2.30. The van der Waals surface area contributed by atoms with E-state index in [1.54, 1.807) is 16.8 Å². The zero-order valence-electron chi connectivity index (χ0n) is 14.3. The Balaban J connectivity index is 1.73. The zero-order chi connectivity index (χ0) is 17.8. The fourth-order valence-electron chi connectivity index (χ4n) is 3.03. The molecule has 8 nitrogen and oxygen atoms in total. The van der Waals surface area contributed by atoms with Crippen LogP contribution in [0, 0.1) is 0 Å². The monoisotopic (exact) mass is 347 g/mol. The first kappa shape index (κ1) is 17.2. The summed E-state index contributed by atoms with van der Waals surface area (Å²) in [5.41, 5.74) is 0.136. The maximum Gasteiger partial charge on any atom is 0.374 e. The summed E-state index contributed by atoms with van der Waals surface area (Å²) in [6, 6.07) is 3.24. The summed E-state index contributed by atoms with van der Waals surface area (Å²) in [6.07, 6.45) is 5.38. The van der Waals surface area contributed by atoms with Crippen LogP contribution in [0.3, 0.4) is 0 Å². The van der Waals surface area contributed by atoms with Crippen LogP contribution < -0.4 is 0 Å². The zero-order valence-corrected chi connectivity index (χ0v) is 14.3. The van der Waals surface area contributed by atoms with Crippen LogP contribution in [0.25, 0.3) is 0 Å². The summed E-state index contributed by atoms with van der Waals surface area (Å²) < 4.78 is 17.4. The van der Waals surface area contributed by atoms with Gasteiger partial charge in [-0.05, 0) is 31.4 Å². The van der Waals surface area contributed by atoms with Crippen LogP contribution in [0.4, 0.5) is 0 Å². The van der Waals surface area contributed by atoms with Gasteiger partial charge in [0.1, 0.15) is 11.9 Å². The Hall–Kier alpha value is -2.64. The van der Waals surface area contributed by atoms with Crippen LogP contribution in [0.15, 0.2) is 22.7 Å². The fourth-order valence-corrected chi connectivity index (χ4v) is 3.03. The van der Waals surface area contributed by atoms with Gasteiger partial charge in [0.2, 0.25) is 5.76 Å². The number of aromatic nitrogens is 3. The van der Waals surface area contributed by atoms with Gasteiger partial charge in [-0.1, -0.05) is 18.6 Å². The van der Waals surface area contributed by atoms with Gasteiger partial charge in [0.15, 0.2) is 5.69 Å². The number of carbonyl (C=O) groups excluding carboxylic acids is 2. The largest absolute Gasteiger partial charge is 0.464 e. The molecule has 1 fully saturated rings. The number of ether oxygens (including phenoxy) is 2. The molecule has 134 valence electrons. The van der Waals surface area contributed by atoms with Crippen LogP contribution in [0.2, 0.25) is 0 Å². The third kappa shape index (κ3) is 3.72. The highest BCUT2D eigenvalue weighted by Gasteiger charge is 2.32. The first-order valence-electron chi connectivity index (χ1n) is 8.42. The molecule has 2 heterocycles. The van der Waals surface area contributed by atoms with E-state index in [9.17, 15) is 9.59 Å². The minimum atomic E-state index is -0.543. The van der Waals surface area contributed by atoms with Crippen LogP contribution in [-0.2, 0) is 15.9 Å². The van der Waals surface area contributed by atoms with E-state index in [1.165, 1.54) is 13.3 Å². The first-order chi connectivity index (χ1) is 12.1. The molecule has 0 aromatic carbocycles. The highest BCUT2D eigenvalue weighted by atomic mass is 16.6. The van der Waals surface area contributed by atoms with Crippen molar-refractivity contribution in [1.82, 2.24) is 15.0 Å². The number of nitrogens with zero attached hydrogens (tertiary/aromatic N) is 3. The Kier molecular flexibility index (Phi) is 5.16. The molecule has 2 aromatic heterocycles. The molecule has 2 unspecified atom stereocenters. The highest BCUT2D eigenvalue weighted by Crippen LogP contribution is 2.31. The number of rotatable bonds is 5. The second kappa shape index (κ2) is 7.50. The smallest absolute Gasteiger partial charge is 0.374 e. The molecule has 0 aliphatic heterocycles. The number of hydrogen-bond donors (Lipinski definition) is 0. The van der Waals surface area contributed by atoms with Crippen molar-refractivity contribution in [2.45, 2.75) is 51.2 Å². The van der Waals surface area contributed by atoms with Crippen LogP contribution in [-0.4, -0.2) is 40.1 Å². The standard InChI is InChI=1S/C17H21N3O5/c1-3-11-8-9-15(24-11)17(22)25-14-7-5-4-6-13(14)20-10-12(18-19-20)16(21)23-2/h8-10,13-14H,3-7H2,1-2H3. The van der Waals surface area contributed by atoms with E-state index in [-0.39, 0.29) is 23.6 Å². The molecule has 0 saturated heterocycles. The van der Waals surface area contributed by atoms with Crippen molar-refractivity contribution in [2.24, 2.45) is 0 Å². The van der Waals surface area contributed by atoms with Gasteiger partial charge in [-0.15, -0.1) is 5.10 Å². The number of methoxy groups -OCH3 is 1. The van der Waals surface area contributed by atoms with Crippen LogP contribution in [0.1, 0.15) is 65.5 Å².